The zero-order valence-corrected chi connectivity index (χ0v) is 18.5. The molecule has 0 saturated heterocycles. The van der Waals surface area contributed by atoms with Gasteiger partial charge in [0.1, 0.15) is 6.61 Å². The number of aliphatic imine (C=N–C) groups is 1. The smallest absolute Gasteiger partial charge is 0.338 e. The van der Waals surface area contributed by atoms with Crippen molar-refractivity contribution in [2.24, 2.45) is 4.99 Å². The number of nitrogens with zero attached hydrogens (tertiary/aromatic N) is 2. The summed E-state index contributed by atoms with van der Waals surface area (Å²) in [5, 5.41) is 2.79. The summed E-state index contributed by atoms with van der Waals surface area (Å²) in [6.45, 7) is 4.39. The number of hydrogen-bond donors (Lipinski definition) is 0. The normalized spacial score (nSPS) is 17.3. The lowest BCUT2D eigenvalue weighted by Crippen LogP contribution is -2.34. The van der Waals surface area contributed by atoms with Crippen LogP contribution in [-0.4, -0.2) is 29.8 Å². The lowest BCUT2D eigenvalue weighted by atomic mass is 9.94. The van der Waals surface area contributed by atoms with Crippen LogP contribution in [0.15, 0.2) is 76.4 Å². The van der Waals surface area contributed by atoms with Gasteiger partial charge in [0, 0.05) is 6.20 Å². The van der Waals surface area contributed by atoms with Crippen LogP contribution in [0, 0.1) is 0 Å². The van der Waals surface area contributed by atoms with E-state index < -0.39 is 0 Å². The van der Waals surface area contributed by atoms with E-state index in [4.69, 9.17) is 14.2 Å². The van der Waals surface area contributed by atoms with Crippen molar-refractivity contribution in [1.82, 2.24) is 4.90 Å². The van der Waals surface area contributed by atoms with Crippen molar-refractivity contribution < 1.29 is 19.0 Å². The minimum Gasteiger partial charge on any atom is -0.493 e. The van der Waals surface area contributed by atoms with Gasteiger partial charge in [0.05, 0.1) is 31.0 Å². The van der Waals surface area contributed by atoms with E-state index in [1.54, 1.807) is 14.0 Å². The van der Waals surface area contributed by atoms with Crippen molar-refractivity contribution in [3.8, 4) is 11.5 Å². The number of esters is 1. The van der Waals surface area contributed by atoms with Crippen LogP contribution in [0.2, 0.25) is 0 Å². The monoisotopic (exact) mass is 436 g/mol. The Kier molecular flexibility index (Phi) is 6.32. The summed E-state index contributed by atoms with van der Waals surface area (Å²) < 4.78 is 17.0. The topological polar surface area (TPSA) is 60.4 Å². The second-order valence-corrected chi connectivity index (χ2v) is 7.88. The molecule has 2 heterocycles. The number of ether oxygens (including phenoxy) is 3. The summed E-state index contributed by atoms with van der Waals surface area (Å²) in [5.74, 6) is 0.889. The van der Waals surface area contributed by atoms with Crippen LogP contribution in [0.3, 0.4) is 0 Å². The van der Waals surface area contributed by atoms with Crippen molar-refractivity contribution >= 4 is 22.9 Å². The summed E-state index contributed by atoms with van der Waals surface area (Å²) in [7, 11) is 1.61. The Balaban J connectivity index is 1.67. The second-order valence-electron chi connectivity index (χ2n) is 7.01. The van der Waals surface area contributed by atoms with E-state index >= 15 is 0 Å². The molecular formula is C24H24N2O4S. The lowest BCUT2D eigenvalue weighted by Gasteiger charge is -2.33. The van der Waals surface area contributed by atoms with Crippen LogP contribution in [0.4, 0.5) is 0 Å². The second kappa shape index (κ2) is 9.31. The van der Waals surface area contributed by atoms with Crippen LogP contribution in [0.25, 0.3) is 0 Å². The molecule has 2 aromatic rings. The number of allylic oxidation sites excluding steroid dienone is 1. The van der Waals surface area contributed by atoms with E-state index in [2.05, 4.69) is 4.99 Å². The highest BCUT2D eigenvalue weighted by atomic mass is 32.2. The van der Waals surface area contributed by atoms with Gasteiger partial charge in [-0.3, -0.25) is 0 Å². The minimum absolute atomic E-state index is 0.305. The molecule has 0 unspecified atom stereocenters. The molecule has 0 radical (unpaired) electrons. The molecule has 4 rings (SSSR count). The van der Waals surface area contributed by atoms with Crippen molar-refractivity contribution in [3.05, 3.63) is 82.5 Å². The number of thioether (sulfide) groups is 1. The third-order valence-corrected chi connectivity index (χ3v) is 5.83. The Morgan fingerprint density at radius 3 is 2.71 bits per heavy atom. The Morgan fingerprint density at radius 2 is 1.97 bits per heavy atom. The standard InChI is InChI=1S/C24H24N2O4S/c1-4-29-23(27)21-16(2)25-24-26(12-13-31-24)22(21)18-10-11-19(20(14-18)28-3)30-15-17-8-6-5-7-9-17/h5-14,22H,4,15H2,1-3H3/t22-/m0/s1. The molecule has 0 amide bonds. The minimum atomic E-state index is -0.360. The molecule has 1 atom stereocenters. The maximum Gasteiger partial charge on any atom is 0.338 e. The zero-order chi connectivity index (χ0) is 21.8. The van der Waals surface area contributed by atoms with E-state index in [1.807, 2.05) is 72.0 Å². The fourth-order valence-electron chi connectivity index (χ4n) is 3.61. The highest BCUT2D eigenvalue weighted by molar-refractivity contribution is 8.16. The number of methoxy groups -OCH3 is 1. The highest BCUT2D eigenvalue weighted by Crippen LogP contribution is 2.43. The Labute approximate surface area is 186 Å². The van der Waals surface area contributed by atoms with Gasteiger partial charge in [-0.2, -0.15) is 0 Å². The summed E-state index contributed by atoms with van der Waals surface area (Å²) in [6.07, 6.45) is 1.94. The van der Waals surface area contributed by atoms with Gasteiger partial charge in [-0.25, -0.2) is 9.79 Å². The predicted molar refractivity (Wildman–Crippen MR) is 122 cm³/mol. The molecule has 6 nitrogen and oxygen atoms in total. The molecule has 0 aromatic heterocycles. The molecule has 2 aliphatic rings. The third-order valence-electron chi connectivity index (χ3n) is 5.06. The molecule has 7 heteroatoms. The van der Waals surface area contributed by atoms with Gasteiger partial charge in [-0.15, -0.1) is 0 Å². The van der Waals surface area contributed by atoms with E-state index in [0.29, 0.717) is 36.0 Å². The van der Waals surface area contributed by atoms with Gasteiger partial charge in [-0.1, -0.05) is 48.2 Å². The number of hydrogen-bond acceptors (Lipinski definition) is 7. The largest absolute Gasteiger partial charge is 0.493 e. The molecular weight excluding hydrogens is 412 g/mol. The fourth-order valence-corrected chi connectivity index (χ4v) is 4.40. The van der Waals surface area contributed by atoms with Crippen LogP contribution < -0.4 is 9.47 Å². The van der Waals surface area contributed by atoms with E-state index in [-0.39, 0.29) is 12.0 Å². The predicted octanol–water partition coefficient (Wildman–Crippen LogP) is 5.04. The van der Waals surface area contributed by atoms with Crippen LogP contribution in [0.1, 0.15) is 31.0 Å². The quantitative estimate of drug-likeness (QED) is 0.567. The van der Waals surface area contributed by atoms with Crippen molar-refractivity contribution in [1.29, 1.82) is 0 Å². The molecule has 0 saturated carbocycles. The van der Waals surface area contributed by atoms with Gasteiger partial charge >= 0.3 is 5.97 Å². The van der Waals surface area contributed by atoms with Crippen LogP contribution >= 0.6 is 11.8 Å². The first-order chi connectivity index (χ1) is 15.1. The molecule has 2 aliphatic heterocycles. The molecule has 31 heavy (non-hydrogen) atoms. The molecule has 2 aromatic carbocycles. The average Bonchev–Trinajstić information content (AvgIpc) is 3.25. The summed E-state index contributed by atoms with van der Waals surface area (Å²) in [5.41, 5.74) is 3.15. The number of fused-ring (bicyclic) bond motifs is 1. The van der Waals surface area contributed by atoms with Gasteiger partial charge < -0.3 is 19.1 Å². The van der Waals surface area contributed by atoms with E-state index in [0.717, 1.165) is 16.3 Å². The number of carbonyl (C=O) groups is 1. The molecule has 0 fully saturated rings. The Bertz CT molecular complexity index is 1060. The van der Waals surface area contributed by atoms with E-state index in [1.165, 1.54) is 11.8 Å². The van der Waals surface area contributed by atoms with Crippen molar-refractivity contribution in [2.45, 2.75) is 26.5 Å². The number of carbonyl (C=O) groups excluding carboxylic acids is 1. The molecule has 0 bridgehead atoms. The van der Waals surface area contributed by atoms with Gasteiger partial charge in [-0.05, 0) is 42.5 Å². The Morgan fingerprint density at radius 1 is 1.16 bits per heavy atom. The van der Waals surface area contributed by atoms with Crippen LogP contribution in [0.5, 0.6) is 11.5 Å². The first-order valence-electron chi connectivity index (χ1n) is 10.0. The highest BCUT2D eigenvalue weighted by Gasteiger charge is 2.37. The summed E-state index contributed by atoms with van der Waals surface area (Å²) in [4.78, 5) is 19.4. The van der Waals surface area contributed by atoms with Crippen molar-refractivity contribution in [3.63, 3.8) is 0 Å². The molecule has 0 aliphatic carbocycles. The maximum absolute atomic E-state index is 12.8. The SMILES string of the molecule is CCOC(=O)C1=C(C)N=C2SC=CN2[C@H]1c1ccc(OCc2ccccc2)c(OC)c1. The number of benzene rings is 2. The van der Waals surface area contributed by atoms with E-state index in [9.17, 15) is 4.79 Å². The average molecular weight is 437 g/mol. The van der Waals surface area contributed by atoms with Gasteiger partial charge in [0.25, 0.3) is 0 Å². The summed E-state index contributed by atoms with van der Waals surface area (Å²) >= 11 is 1.53. The fraction of sp³-hybridized carbons (Fsp3) is 0.250. The number of rotatable bonds is 7. The lowest BCUT2D eigenvalue weighted by molar-refractivity contribution is -0.139. The van der Waals surface area contributed by atoms with Crippen LogP contribution in [-0.2, 0) is 16.1 Å². The van der Waals surface area contributed by atoms with Gasteiger partial charge in [0.15, 0.2) is 16.7 Å². The Hall–Kier alpha value is -3.19. The van der Waals surface area contributed by atoms with Gasteiger partial charge in [0.2, 0.25) is 0 Å². The number of amidine groups is 1. The molecule has 160 valence electrons. The first-order valence-corrected chi connectivity index (χ1v) is 10.9. The van der Waals surface area contributed by atoms with Crippen molar-refractivity contribution in [2.75, 3.05) is 13.7 Å². The molecule has 0 spiro atoms. The third kappa shape index (κ3) is 4.32. The molecule has 0 N–H and O–H groups in total. The first kappa shape index (κ1) is 21.1. The summed E-state index contributed by atoms with van der Waals surface area (Å²) in [6, 6.07) is 15.4. The zero-order valence-electron chi connectivity index (χ0n) is 17.7. The maximum atomic E-state index is 12.8.